The molecule has 0 atom stereocenters. The van der Waals surface area contributed by atoms with E-state index in [2.05, 4.69) is 20.7 Å². The largest absolute Gasteiger partial charge is 0.350 e. The molecule has 1 aliphatic heterocycles. The molecule has 3 amide bonds. The van der Waals surface area contributed by atoms with Gasteiger partial charge in [-0.1, -0.05) is 30.3 Å². The van der Waals surface area contributed by atoms with Crippen molar-refractivity contribution in [3.05, 3.63) is 64.6 Å². The molecule has 3 aromatic rings. The number of thioether (sulfide) groups is 1. The summed E-state index contributed by atoms with van der Waals surface area (Å²) < 4.78 is 0. The molecule has 1 saturated heterocycles. The number of aromatic nitrogens is 3. The lowest BCUT2D eigenvalue weighted by Gasteiger charge is -2.13. The number of benzene rings is 2. The van der Waals surface area contributed by atoms with E-state index in [1.807, 2.05) is 30.3 Å². The monoisotopic (exact) mass is 393 g/mol. The number of fused-ring (bicyclic) bond motifs is 1. The van der Waals surface area contributed by atoms with Crippen molar-refractivity contribution in [2.75, 3.05) is 13.1 Å². The zero-order valence-corrected chi connectivity index (χ0v) is 15.4. The molecule has 0 bridgehead atoms. The van der Waals surface area contributed by atoms with Gasteiger partial charge in [-0.15, -0.1) is 0 Å². The van der Waals surface area contributed by atoms with Crippen LogP contribution in [0.1, 0.15) is 15.9 Å². The Morgan fingerprint density at radius 2 is 1.89 bits per heavy atom. The van der Waals surface area contributed by atoms with E-state index in [1.54, 1.807) is 24.3 Å². The van der Waals surface area contributed by atoms with Crippen LogP contribution in [0.5, 0.6) is 0 Å². The maximum Gasteiger partial charge on any atom is 0.293 e. The number of hydrogen-bond donors (Lipinski definition) is 2. The SMILES string of the molecule is O=C(NCCN1C(=O)S/C(=C\c2ccccc2)C1=O)c1ccc2n[nH]nc2c1. The lowest BCUT2D eigenvalue weighted by Crippen LogP contribution is -2.37. The van der Waals surface area contributed by atoms with Crippen molar-refractivity contribution < 1.29 is 14.4 Å². The van der Waals surface area contributed by atoms with Gasteiger partial charge in [-0.25, -0.2) is 0 Å². The molecule has 2 N–H and O–H groups in total. The number of amides is 3. The van der Waals surface area contributed by atoms with Crippen LogP contribution in [0.25, 0.3) is 17.1 Å². The van der Waals surface area contributed by atoms with Gasteiger partial charge in [0.05, 0.1) is 4.91 Å². The van der Waals surface area contributed by atoms with Crippen LogP contribution in [0.15, 0.2) is 53.4 Å². The first-order valence-corrected chi connectivity index (χ1v) is 9.32. The highest BCUT2D eigenvalue weighted by Gasteiger charge is 2.34. The van der Waals surface area contributed by atoms with Gasteiger partial charge in [0.15, 0.2) is 0 Å². The van der Waals surface area contributed by atoms with Crippen molar-refractivity contribution >= 4 is 45.9 Å². The van der Waals surface area contributed by atoms with Crippen molar-refractivity contribution in [2.24, 2.45) is 0 Å². The van der Waals surface area contributed by atoms with E-state index in [4.69, 9.17) is 0 Å². The summed E-state index contributed by atoms with van der Waals surface area (Å²) in [5.74, 6) is -0.659. The molecule has 140 valence electrons. The molecule has 1 fully saturated rings. The Kier molecular flexibility index (Phi) is 4.90. The van der Waals surface area contributed by atoms with Gasteiger partial charge in [0, 0.05) is 18.7 Å². The number of hydrogen-bond acceptors (Lipinski definition) is 6. The minimum atomic E-state index is -0.350. The first-order chi connectivity index (χ1) is 13.6. The zero-order valence-electron chi connectivity index (χ0n) is 14.6. The molecule has 9 heteroatoms. The Morgan fingerprint density at radius 3 is 2.71 bits per heavy atom. The van der Waals surface area contributed by atoms with Crippen LogP contribution in [0.2, 0.25) is 0 Å². The second-order valence-electron chi connectivity index (χ2n) is 6.03. The zero-order chi connectivity index (χ0) is 19.5. The molecule has 1 aliphatic rings. The Labute approximate surface area is 164 Å². The van der Waals surface area contributed by atoms with Crippen LogP contribution in [-0.4, -0.2) is 50.5 Å². The molecule has 2 heterocycles. The molecule has 0 spiro atoms. The molecule has 1 aromatic heterocycles. The van der Waals surface area contributed by atoms with E-state index in [0.29, 0.717) is 21.5 Å². The van der Waals surface area contributed by atoms with E-state index in [9.17, 15) is 14.4 Å². The summed E-state index contributed by atoms with van der Waals surface area (Å²) in [4.78, 5) is 38.4. The van der Waals surface area contributed by atoms with Gasteiger partial charge < -0.3 is 5.32 Å². The number of carbonyl (C=O) groups excluding carboxylic acids is 3. The quantitative estimate of drug-likeness (QED) is 0.645. The first kappa shape index (κ1) is 17.9. The van der Waals surface area contributed by atoms with E-state index in [0.717, 1.165) is 22.2 Å². The Morgan fingerprint density at radius 1 is 1.11 bits per heavy atom. The van der Waals surface area contributed by atoms with Crippen molar-refractivity contribution in [3.8, 4) is 0 Å². The van der Waals surface area contributed by atoms with Crippen molar-refractivity contribution in [1.29, 1.82) is 0 Å². The number of carbonyl (C=O) groups is 3. The normalized spacial score (nSPS) is 15.6. The van der Waals surface area contributed by atoms with Crippen molar-refractivity contribution in [1.82, 2.24) is 25.6 Å². The van der Waals surface area contributed by atoms with Gasteiger partial charge in [0.2, 0.25) is 0 Å². The number of aromatic amines is 1. The first-order valence-electron chi connectivity index (χ1n) is 8.51. The second kappa shape index (κ2) is 7.65. The van der Waals surface area contributed by atoms with Crippen LogP contribution in [0, 0.1) is 0 Å². The topological polar surface area (TPSA) is 108 Å². The number of rotatable bonds is 5. The third kappa shape index (κ3) is 3.65. The van der Waals surface area contributed by atoms with Crippen LogP contribution in [0.3, 0.4) is 0 Å². The molecule has 4 rings (SSSR count). The Bertz CT molecular complexity index is 1090. The standard InChI is InChI=1S/C19H15N5O3S/c25-17(13-6-7-14-15(11-13)22-23-21-14)20-8-9-24-18(26)16(28-19(24)27)10-12-4-2-1-3-5-12/h1-7,10-11H,8-9H2,(H,20,25)(H,21,22,23)/b16-10-. The number of H-pyrrole nitrogens is 1. The fourth-order valence-electron chi connectivity index (χ4n) is 2.76. The van der Waals surface area contributed by atoms with Crippen LogP contribution in [0.4, 0.5) is 4.79 Å². The van der Waals surface area contributed by atoms with Crippen LogP contribution >= 0.6 is 11.8 Å². The number of nitrogens with one attached hydrogen (secondary N) is 2. The smallest absolute Gasteiger partial charge is 0.293 e. The molecule has 0 saturated carbocycles. The summed E-state index contributed by atoms with van der Waals surface area (Å²) in [6.07, 6.45) is 1.69. The minimum absolute atomic E-state index is 0.106. The number of imide groups is 1. The molecular weight excluding hydrogens is 378 g/mol. The second-order valence-corrected chi connectivity index (χ2v) is 7.02. The molecule has 8 nitrogen and oxygen atoms in total. The van der Waals surface area contributed by atoms with E-state index < -0.39 is 0 Å². The van der Waals surface area contributed by atoms with Gasteiger partial charge in [0.1, 0.15) is 11.0 Å². The van der Waals surface area contributed by atoms with Crippen LogP contribution < -0.4 is 5.32 Å². The van der Waals surface area contributed by atoms with E-state index in [-0.39, 0.29) is 30.1 Å². The molecule has 0 unspecified atom stereocenters. The Hall–Kier alpha value is -3.46. The van der Waals surface area contributed by atoms with Gasteiger partial charge >= 0.3 is 0 Å². The predicted octanol–water partition coefficient (Wildman–Crippen LogP) is 2.42. The average molecular weight is 393 g/mol. The van der Waals surface area contributed by atoms with Crippen LogP contribution in [-0.2, 0) is 4.79 Å². The third-order valence-corrected chi connectivity index (χ3v) is 5.08. The highest BCUT2D eigenvalue weighted by molar-refractivity contribution is 8.18. The van der Waals surface area contributed by atoms with E-state index >= 15 is 0 Å². The minimum Gasteiger partial charge on any atom is -0.350 e. The lowest BCUT2D eigenvalue weighted by molar-refractivity contribution is -0.122. The van der Waals surface area contributed by atoms with E-state index in [1.165, 1.54) is 0 Å². The average Bonchev–Trinajstić information content (AvgIpc) is 3.28. The fraction of sp³-hybridized carbons (Fsp3) is 0.105. The molecule has 0 aliphatic carbocycles. The maximum absolute atomic E-state index is 12.5. The number of nitrogens with zero attached hydrogens (tertiary/aromatic N) is 3. The Balaban J connectivity index is 1.36. The van der Waals surface area contributed by atoms with Gasteiger partial charge in [0.25, 0.3) is 17.1 Å². The summed E-state index contributed by atoms with van der Waals surface area (Å²) in [5, 5.41) is 12.7. The third-order valence-electron chi connectivity index (χ3n) is 4.17. The highest BCUT2D eigenvalue weighted by Crippen LogP contribution is 2.31. The van der Waals surface area contributed by atoms with Crippen molar-refractivity contribution in [2.45, 2.75) is 0 Å². The molecule has 2 aromatic carbocycles. The molecular formula is C19H15N5O3S. The van der Waals surface area contributed by atoms with Gasteiger partial charge in [-0.2, -0.15) is 15.4 Å². The highest BCUT2D eigenvalue weighted by atomic mass is 32.2. The fourth-order valence-corrected chi connectivity index (χ4v) is 3.62. The van der Waals surface area contributed by atoms with Gasteiger partial charge in [-0.3, -0.25) is 19.3 Å². The summed E-state index contributed by atoms with van der Waals surface area (Å²) in [6.45, 7) is 0.265. The predicted molar refractivity (Wildman–Crippen MR) is 105 cm³/mol. The maximum atomic E-state index is 12.5. The summed E-state index contributed by atoms with van der Waals surface area (Å²) >= 11 is 0.901. The van der Waals surface area contributed by atoms with Gasteiger partial charge in [-0.05, 0) is 41.6 Å². The summed E-state index contributed by atoms with van der Waals surface area (Å²) in [7, 11) is 0. The molecule has 0 radical (unpaired) electrons. The van der Waals surface area contributed by atoms with Crippen molar-refractivity contribution in [3.63, 3.8) is 0 Å². The molecule has 28 heavy (non-hydrogen) atoms. The summed E-state index contributed by atoms with van der Waals surface area (Å²) in [5.41, 5.74) is 2.54. The summed E-state index contributed by atoms with van der Waals surface area (Å²) in [6, 6.07) is 14.3. The lowest BCUT2D eigenvalue weighted by atomic mass is 10.2.